The predicted molar refractivity (Wildman–Crippen MR) is 53.6 cm³/mol. The fourth-order valence-corrected chi connectivity index (χ4v) is 0.929. The Bertz CT molecular complexity index is 149. The first kappa shape index (κ1) is 12.4. The van der Waals surface area contributed by atoms with Gasteiger partial charge in [0.15, 0.2) is 0 Å². The van der Waals surface area contributed by atoms with Crippen LogP contribution in [0.2, 0.25) is 0 Å². The Labute approximate surface area is 80.8 Å². The number of carbonyl (C=O) groups is 1. The van der Waals surface area contributed by atoms with Gasteiger partial charge in [-0.15, -0.1) is 0 Å². The molecular formula is C10H21NO2. The number of hydrogen-bond donors (Lipinski definition) is 1. The molecule has 1 N–H and O–H groups in total. The minimum absolute atomic E-state index is 0.0989. The number of rotatable bonds is 5. The summed E-state index contributed by atoms with van der Waals surface area (Å²) in [6.45, 7) is 9.49. The summed E-state index contributed by atoms with van der Waals surface area (Å²) in [5.74, 6) is -0.0989. The lowest BCUT2D eigenvalue weighted by Gasteiger charge is -2.20. The summed E-state index contributed by atoms with van der Waals surface area (Å²) >= 11 is 0. The van der Waals surface area contributed by atoms with Gasteiger partial charge in [-0.3, -0.25) is 4.79 Å². The molecule has 13 heavy (non-hydrogen) atoms. The molecule has 0 amide bonds. The Hall–Kier alpha value is -0.570. The fraction of sp³-hybridized carbons (Fsp3) is 0.900. The maximum absolute atomic E-state index is 10.9. The third-order valence-electron chi connectivity index (χ3n) is 1.52. The van der Waals surface area contributed by atoms with Crippen molar-refractivity contribution in [3.63, 3.8) is 0 Å². The highest BCUT2D eigenvalue weighted by atomic mass is 16.5. The van der Waals surface area contributed by atoms with Gasteiger partial charge in [0, 0.05) is 12.0 Å². The van der Waals surface area contributed by atoms with E-state index in [2.05, 4.69) is 26.1 Å². The van der Waals surface area contributed by atoms with Crippen LogP contribution in [0.15, 0.2) is 0 Å². The van der Waals surface area contributed by atoms with Gasteiger partial charge < -0.3 is 10.1 Å². The average Bonchev–Trinajstić information content (AvgIpc) is 1.97. The number of esters is 1. The highest BCUT2D eigenvalue weighted by Gasteiger charge is 2.08. The molecule has 0 spiro atoms. The Kier molecular flexibility index (Phi) is 5.71. The van der Waals surface area contributed by atoms with E-state index in [4.69, 9.17) is 4.74 Å². The quantitative estimate of drug-likeness (QED) is 0.526. The maximum atomic E-state index is 10.9. The van der Waals surface area contributed by atoms with E-state index in [0.717, 1.165) is 13.0 Å². The van der Waals surface area contributed by atoms with E-state index >= 15 is 0 Å². The van der Waals surface area contributed by atoms with Gasteiger partial charge in [0.25, 0.3) is 0 Å². The molecule has 3 nitrogen and oxygen atoms in total. The van der Waals surface area contributed by atoms with Crippen LogP contribution in [0.1, 0.15) is 40.5 Å². The molecule has 0 aromatic heterocycles. The van der Waals surface area contributed by atoms with E-state index < -0.39 is 0 Å². The van der Waals surface area contributed by atoms with E-state index in [1.165, 1.54) is 0 Å². The van der Waals surface area contributed by atoms with Crippen LogP contribution in [-0.4, -0.2) is 24.7 Å². The zero-order valence-corrected chi connectivity index (χ0v) is 9.14. The molecule has 0 aromatic carbocycles. The van der Waals surface area contributed by atoms with Crippen LogP contribution in [0.3, 0.4) is 0 Å². The van der Waals surface area contributed by atoms with E-state index in [9.17, 15) is 4.79 Å². The molecule has 0 aliphatic heterocycles. The Morgan fingerprint density at radius 3 is 2.46 bits per heavy atom. The van der Waals surface area contributed by atoms with E-state index in [1.54, 1.807) is 0 Å². The molecule has 78 valence electrons. The van der Waals surface area contributed by atoms with Crippen molar-refractivity contribution in [1.82, 2.24) is 5.32 Å². The van der Waals surface area contributed by atoms with Gasteiger partial charge in [-0.1, -0.05) is 0 Å². The highest BCUT2D eigenvalue weighted by molar-refractivity contribution is 5.69. The highest BCUT2D eigenvalue weighted by Crippen LogP contribution is 1.99. The van der Waals surface area contributed by atoms with Crippen LogP contribution in [-0.2, 0) is 9.53 Å². The molecule has 0 aliphatic carbocycles. The summed E-state index contributed by atoms with van der Waals surface area (Å²) in [6, 6.07) is 0. The molecule has 0 aliphatic rings. The first-order chi connectivity index (χ1) is 5.95. The second-order valence-corrected chi connectivity index (χ2v) is 4.09. The van der Waals surface area contributed by atoms with Crippen LogP contribution in [0.4, 0.5) is 0 Å². The molecule has 0 rings (SSSR count). The van der Waals surface area contributed by atoms with Gasteiger partial charge in [-0.25, -0.2) is 0 Å². The molecule has 0 atom stereocenters. The van der Waals surface area contributed by atoms with E-state index in [1.807, 2.05) is 6.92 Å². The standard InChI is InChI=1S/C10H21NO2/c1-5-13-9(12)7-6-8-11-10(2,3)4/h11H,5-8H2,1-4H3. The first-order valence-electron chi connectivity index (χ1n) is 4.86. The van der Waals surface area contributed by atoms with Crippen molar-refractivity contribution >= 4 is 5.97 Å². The zero-order chi connectivity index (χ0) is 10.3. The lowest BCUT2D eigenvalue weighted by molar-refractivity contribution is -0.143. The second kappa shape index (κ2) is 5.97. The van der Waals surface area contributed by atoms with Crippen LogP contribution in [0, 0.1) is 0 Å². The van der Waals surface area contributed by atoms with Crippen LogP contribution in [0.5, 0.6) is 0 Å². The minimum Gasteiger partial charge on any atom is -0.466 e. The Morgan fingerprint density at radius 2 is 2.00 bits per heavy atom. The molecule has 3 heteroatoms. The summed E-state index contributed by atoms with van der Waals surface area (Å²) in [5.41, 5.74) is 0.134. The summed E-state index contributed by atoms with van der Waals surface area (Å²) in [7, 11) is 0. The van der Waals surface area contributed by atoms with Gasteiger partial charge in [-0.05, 0) is 40.7 Å². The number of hydrogen-bond acceptors (Lipinski definition) is 3. The number of nitrogens with one attached hydrogen (secondary N) is 1. The Balaban J connectivity index is 3.31. The van der Waals surface area contributed by atoms with E-state index in [-0.39, 0.29) is 11.5 Å². The molecular weight excluding hydrogens is 166 g/mol. The predicted octanol–water partition coefficient (Wildman–Crippen LogP) is 1.72. The van der Waals surface area contributed by atoms with Crippen molar-refractivity contribution in [2.24, 2.45) is 0 Å². The second-order valence-electron chi connectivity index (χ2n) is 4.09. The van der Waals surface area contributed by atoms with Crippen LogP contribution in [0.25, 0.3) is 0 Å². The molecule has 0 bridgehead atoms. The molecule has 0 radical (unpaired) electrons. The smallest absolute Gasteiger partial charge is 0.305 e. The van der Waals surface area contributed by atoms with Crippen LogP contribution < -0.4 is 5.32 Å². The summed E-state index contributed by atoms with van der Waals surface area (Å²) in [5, 5.41) is 3.31. The van der Waals surface area contributed by atoms with Crippen molar-refractivity contribution in [3.05, 3.63) is 0 Å². The minimum atomic E-state index is -0.0989. The molecule has 0 saturated carbocycles. The largest absolute Gasteiger partial charge is 0.466 e. The van der Waals surface area contributed by atoms with Crippen molar-refractivity contribution in [1.29, 1.82) is 0 Å². The van der Waals surface area contributed by atoms with Crippen molar-refractivity contribution in [3.8, 4) is 0 Å². The van der Waals surface area contributed by atoms with Gasteiger partial charge in [0.05, 0.1) is 6.61 Å². The Morgan fingerprint density at radius 1 is 1.38 bits per heavy atom. The van der Waals surface area contributed by atoms with Crippen LogP contribution >= 0.6 is 0 Å². The summed E-state index contributed by atoms with van der Waals surface area (Å²) < 4.78 is 4.81. The van der Waals surface area contributed by atoms with Crippen molar-refractivity contribution in [2.45, 2.75) is 46.1 Å². The normalized spacial score (nSPS) is 11.4. The van der Waals surface area contributed by atoms with Gasteiger partial charge in [0.1, 0.15) is 0 Å². The molecule has 0 aromatic rings. The van der Waals surface area contributed by atoms with E-state index in [0.29, 0.717) is 13.0 Å². The monoisotopic (exact) mass is 187 g/mol. The topological polar surface area (TPSA) is 38.3 Å². The molecule has 0 unspecified atom stereocenters. The molecule has 0 fully saturated rings. The van der Waals surface area contributed by atoms with Gasteiger partial charge >= 0.3 is 5.97 Å². The maximum Gasteiger partial charge on any atom is 0.305 e. The molecule has 0 saturated heterocycles. The van der Waals surface area contributed by atoms with Gasteiger partial charge in [-0.2, -0.15) is 0 Å². The lowest BCUT2D eigenvalue weighted by Crippen LogP contribution is -2.36. The van der Waals surface area contributed by atoms with Crippen molar-refractivity contribution < 1.29 is 9.53 Å². The number of carbonyl (C=O) groups excluding carboxylic acids is 1. The fourth-order valence-electron chi connectivity index (χ4n) is 0.929. The average molecular weight is 187 g/mol. The SMILES string of the molecule is CCOC(=O)CCCNC(C)(C)C. The molecule has 0 heterocycles. The summed E-state index contributed by atoms with van der Waals surface area (Å²) in [4.78, 5) is 10.9. The van der Waals surface area contributed by atoms with Gasteiger partial charge in [0.2, 0.25) is 0 Å². The lowest BCUT2D eigenvalue weighted by atomic mass is 10.1. The first-order valence-corrected chi connectivity index (χ1v) is 4.86. The third kappa shape index (κ3) is 9.34. The number of ether oxygens (including phenoxy) is 1. The zero-order valence-electron chi connectivity index (χ0n) is 9.14. The van der Waals surface area contributed by atoms with Crippen molar-refractivity contribution in [2.75, 3.05) is 13.2 Å². The summed E-state index contributed by atoms with van der Waals surface area (Å²) in [6.07, 6.45) is 1.35. The third-order valence-corrected chi connectivity index (χ3v) is 1.52.